The highest BCUT2D eigenvalue weighted by Gasteiger charge is 2.31. The van der Waals surface area contributed by atoms with Crippen molar-refractivity contribution in [2.45, 2.75) is 12.5 Å². The number of aromatic carboxylic acids is 1. The van der Waals surface area contributed by atoms with Crippen LogP contribution in [-0.4, -0.2) is 31.7 Å². The van der Waals surface area contributed by atoms with Crippen molar-refractivity contribution in [1.29, 1.82) is 0 Å². The van der Waals surface area contributed by atoms with E-state index in [4.69, 9.17) is 16.7 Å². The molecule has 152 valence electrons. The van der Waals surface area contributed by atoms with Gasteiger partial charge < -0.3 is 5.11 Å². The van der Waals surface area contributed by atoms with E-state index in [0.717, 1.165) is 27.9 Å². The fourth-order valence-corrected chi connectivity index (χ4v) is 3.79. The molecule has 0 amide bonds. The fourth-order valence-electron chi connectivity index (χ4n) is 3.66. The van der Waals surface area contributed by atoms with Crippen LogP contribution in [0.25, 0.3) is 11.0 Å². The largest absolute Gasteiger partial charge is 0.478 e. The number of pyridine rings is 1. The number of hydrogen-bond acceptors (Lipinski definition) is 6. The number of halogens is 1. The summed E-state index contributed by atoms with van der Waals surface area (Å²) < 4.78 is 0. The Kier molecular flexibility index (Phi) is 4.80. The van der Waals surface area contributed by atoms with Crippen molar-refractivity contribution in [3.8, 4) is 0 Å². The number of hydrazone groups is 1. The molecule has 0 saturated carbocycles. The van der Waals surface area contributed by atoms with Gasteiger partial charge in [-0.15, -0.1) is 0 Å². The molecule has 31 heavy (non-hydrogen) atoms. The Morgan fingerprint density at radius 3 is 2.48 bits per heavy atom. The van der Waals surface area contributed by atoms with E-state index in [-0.39, 0.29) is 11.6 Å². The van der Waals surface area contributed by atoms with Gasteiger partial charge in [0.2, 0.25) is 0 Å². The third-order valence-electron chi connectivity index (χ3n) is 5.19. The Hall–Kier alpha value is -3.84. The number of anilines is 1. The first-order valence-electron chi connectivity index (χ1n) is 9.61. The number of fused-ring (bicyclic) bond motifs is 1. The molecule has 0 aliphatic carbocycles. The van der Waals surface area contributed by atoms with Crippen LogP contribution in [0.2, 0.25) is 5.02 Å². The molecule has 1 atom stereocenters. The topological polar surface area (TPSA) is 91.6 Å². The van der Waals surface area contributed by atoms with E-state index in [1.165, 1.54) is 18.3 Å². The number of rotatable bonds is 4. The van der Waals surface area contributed by atoms with Crippen molar-refractivity contribution >= 4 is 40.1 Å². The van der Waals surface area contributed by atoms with E-state index in [2.05, 4.69) is 15.0 Å². The van der Waals surface area contributed by atoms with Gasteiger partial charge in [0.25, 0.3) is 0 Å². The molecule has 0 bridgehead atoms. The van der Waals surface area contributed by atoms with Crippen LogP contribution >= 0.6 is 11.6 Å². The van der Waals surface area contributed by atoms with Crippen molar-refractivity contribution in [3.05, 3.63) is 94.9 Å². The minimum Gasteiger partial charge on any atom is -0.478 e. The zero-order chi connectivity index (χ0) is 21.4. The molecule has 1 unspecified atom stereocenters. The summed E-state index contributed by atoms with van der Waals surface area (Å²) in [6.07, 6.45) is 5.42. The number of carboxylic acids is 1. The summed E-state index contributed by atoms with van der Waals surface area (Å²) in [6, 6.07) is 16.3. The van der Waals surface area contributed by atoms with Gasteiger partial charge in [-0.1, -0.05) is 29.8 Å². The molecular formula is C23H16ClN5O2. The van der Waals surface area contributed by atoms with Gasteiger partial charge in [0.1, 0.15) is 5.82 Å². The highest BCUT2D eigenvalue weighted by molar-refractivity contribution is 6.30. The van der Waals surface area contributed by atoms with E-state index < -0.39 is 5.97 Å². The van der Waals surface area contributed by atoms with Crippen molar-refractivity contribution in [1.82, 2.24) is 15.0 Å². The zero-order valence-electron chi connectivity index (χ0n) is 16.2. The number of benzene rings is 2. The average molecular weight is 430 g/mol. The number of aromatic nitrogens is 3. The van der Waals surface area contributed by atoms with Gasteiger partial charge in [0.15, 0.2) is 0 Å². The molecule has 1 N–H and O–H groups in total. The quantitative estimate of drug-likeness (QED) is 0.504. The van der Waals surface area contributed by atoms with Crippen molar-refractivity contribution in [2.75, 3.05) is 5.01 Å². The van der Waals surface area contributed by atoms with Crippen molar-refractivity contribution < 1.29 is 9.90 Å². The van der Waals surface area contributed by atoms with Crippen LogP contribution in [0, 0.1) is 0 Å². The fraction of sp³-hybridized carbons (Fsp3) is 0.0870. The predicted molar refractivity (Wildman–Crippen MR) is 119 cm³/mol. The Labute approximate surface area is 182 Å². The maximum Gasteiger partial charge on any atom is 0.335 e. The molecule has 7 nitrogen and oxygen atoms in total. The van der Waals surface area contributed by atoms with Crippen LogP contribution in [0.4, 0.5) is 5.82 Å². The summed E-state index contributed by atoms with van der Waals surface area (Å²) in [5.74, 6) is -0.543. The Morgan fingerprint density at radius 1 is 0.935 bits per heavy atom. The van der Waals surface area contributed by atoms with Crippen LogP contribution in [-0.2, 0) is 0 Å². The molecule has 0 radical (unpaired) electrons. The lowest BCUT2D eigenvalue weighted by atomic mass is 9.98. The van der Waals surface area contributed by atoms with E-state index in [9.17, 15) is 9.90 Å². The molecule has 2 aromatic carbocycles. The number of hydrogen-bond donors (Lipinski definition) is 1. The van der Waals surface area contributed by atoms with Crippen molar-refractivity contribution in [2.24, 2.45) is 5.10 Å². The first kappa shape index (κ1) is 19.1. The summed E-state index contributed by atoms with van der Waals surface area (Å²) >= 11 is 6.07. The smallest absolute Gasteiger partial charge is 0.335 e. The molecule has 5 rings (SSSR count). The van der Waals surface area contributed by atoms with Gasteiger partial charge in [-0.2, -0.15) is 5.10 Å². The van der Waals surface area contributed by atoms with Crippen molar-refractivity contribution in [3.63, 3.8) is 0 Å². The lowest BCUT2D eigenvalue weighted by Crippen LogP contribution is -2.20. The van der Waals surface area contributed by atoms with E-state index >= 15 is 0 Å². The van der Waals surface area contributed by atoms with Crippen LogP contribution in [0.15, 0.2) is 78.3 Å². The average Bonchev–Trinajstić information content (AvgIpc) is 3.25. The third kappa shape index (κ3) is 3.71. The van der Waals surface area contributed by atoms with E-state index in [1.807, 2.05) is 42.5 Å². The lowest BCUT2D eigenvalue weighted by Gasteiger charge is -2.23. The van der Waals surface area contributed by atoms with E-state index in [0.29, 0.717) is 17.3 Å². The molecule has 1 aliphatic rings. The van der Waals surface area contributed by atoms with Crippen LogP contribution in [0.1, 0.15) is 33.9 Å². The van der Waals surface area contributed by atoms with E-state index in [1.54, 1.807) is 17.4 Å². The van der Waals surface area contributed by atoms with Gasteiger partial charge in [-0.05, 0) is 42.0 Å². The SMILES string of the molecule is O=C(O)c1ccnc(N2N=C(c3ccc4nccnc4c3)CC2c2ccc(Cl)cc2)c1. The molecule has 0 spiro atoms. The van der Waals surface area contributed by atoms with Gasteiger partial charge in [0, 0.05) is 35.6 Å². The Bertz CT molecular complexity index is 1320. The third-order valence-corrected chi connectivity index (χ3v) is 5.45. The summed E-state index contributed by atoms with van der Waals surface area (Å²) in [5.41, 5.74) is 4.55. The molecule has 4 aromatic rings. The van der Waals surface area contributed by atoms with Gasteiger partial charge in [0.05, 0.1) is 28.4 Å². The second kappa shape index (κ2) is 7.77. The predicted octanol–water partition coefficient (Wildman–Crippen LogP) is 4.73. The molecular weight excluding hydrogens is 414 g/mol. The zero-order valence-corrected chi connectivity index (χ0v) is 16.9. The number of nitrogens with zero attached hydrogens (tertiary/aromatic N) is 5. The van der Waals surface area contributed by atoms with Gasteiger partial charge in [-0.3, -0.25) is 9.97 Å². The highest BCUT2D eigenvalue weighted by Crippen LogP contribution is 2.36. The first-order chi connectivity index (χ1) is 15.1. The lowest BCUT2D eigenvalue weighted by molar-refractivity contribution is 0.0696. The Balaban J connectivity index is 1.59. The number of carboxylic acid groups (broad SMARTS) is 1. The number of carbonyl (C=O) groups is 1. The monoisotopic (exact) mass is 429 g/mol. The van der Waals surface area contributed by atoms with Crippen LogP contribution < -0.4 is 5.01 Å². The van der Waals surface area contributed by atoms with Gasteiger partial charge >= 0.3 is 5.97 Å². The Morgan fingerprint density at radius 2 is 1.71 bits per heavy atom. The van der Waals surface area contributed by atoms with Gasteiger partial charge in [-0.25, -0.2) is 14.8 Å². The standard InChI is InChI=1S/C23H16ClN5O2/c24-17-4-1-14(2-5-17)21-13-19(15-3-6-18-20(11-15)26-10-9-25-18)28-29(21)22-12-16(23(30)31)7-8-27-22/h1-12,21H,13H2,(H,30,31). The highest BCUT2D eigenvalue weighted by atomic mass is 35.5. The maximum absolute atomic E-state index is 11.5. The van der Waals surface area contributed by atoms with Crippen LogP contribution in [0.5, 0.6) is 0 Å². The minimum atomic E-state index is -1.01. The van der Waals surface area contributed by atoms with Crippen LogP contribution in [0.3, 0.4) is 0 Å². The molecule has 1 aliphatic heterocycles. The summed E-state index contributed by atoms with van der Waals surface area (Å²) in [7, 11) is 0. The summed E-state index contributed by atoms with van der Waals surface area (Å²) in [4.78, 5) is 24.5. The first-order valence-corrected chi connectivity index (χ1v) is 9.99. The second-order valence-electron chi connectivity index (χ2n) is 7.13. The molecule has 0 saturated heterocycles. The maximum atomic E-state index is 11.5. The molecule has 0 fully saturated rings. The minimum absolute atomic E-state index is 0.152. The molecule has 8 heteroatoms. The second-order valence-corrected chi connectivity index (χ2v) is 7.57. The molecule has 2 aromatic heterocycles. The molecule has 3 heterocycles. The summed E-state index contributed by atoms with van der Waals surface area (Å²) in [5, 5.41) is 16.6. The normalized spacial score (nSPS) is 15.8. The summed E-state index contributed by atoms with van der Waals surface area (Å²) in [6.45, 7) is 0.